The molecule has 0 radical (unpaired) electrons. The fourth-order valence-corrected chi connectivity index (χ4v) is 8.12. The van der Waals surface area contributed by atoms with Crippen LogP contribution in [0.15, 0.2) is 122 Å². The third-order valence-corrected chi connectivity index (χ3v) is 15.5. The molecule has 1 aliphatic rings. The summed E-state index contributed by atoms with van der Waals surface area (Å²) in [5.74, 6) is -0.0511. The van der Waals surface area contributed by atoms with Gasteiger partial charge in [-0.3, -0.25) is 9.36 Å². The maximum Gasteiger partial charge on any atom is 0.256 e. The molecule has 10 nitrogen and oxygen atoms in total. The number of ether oxygens (including phenoxy) is 2. The average molecular weight is 756 g/mol. The van der Waals surface area contributed by atoms with Crippen LogP contribution < -0.4 is 5.32 Å². The maximum atomic E-state index is 13.1. The minimum absolute atomic E-state index is 0.0334. The number of aliphatic hydroxyl groups excluding tert-OH is 1. The highest BCUT2D eigenvalue weighted by Gasteiger charge is 2.52. The van der Waals surface area contributed by atoms with Gasteiger partial charge in [0, 0.05) is 5.56 Å². The summed E-state index contributed by atoms with van der Waals surface area (Å²) in [6.45, 7) is 15.0. The first-order valence-electron chi connectivity index (χ1n) is 18.7. The molecule has 0 bridgehead atoms. The van der Waals surface area contributed by atoms with Crippen LogP contribution >= 0.6 is 0 Å². The van der Waals surface area contributed by atoms with E-state index in [4.69, 9.17) is 13.9 Å². The molecule has 1 unspecified atom stereocenters. The van der Waals surface area contributed by atoms with Gasteiger partial charge >= 0.3 is 0 Å². The van der Waals surface area contributed by atoms with Gasteiger partial charge in [0.2, 0.25) is 0 Å². The van der Waals surface area contributed by atoms with Gasteiger partial charge in [0.15, 0.2) is 31.5 Å². The molecule has 6 aromatic rings. The molecule has 1 amide bonds. The fourth-order valence-electron chi connectivity index (χ4n) is 6.83. The number of aliphatic hydroxyl groups is 1. The number of hydrogen-bond acceptors (Lipinski definition) is 8. The number of imidazole rings is 1. The maximum absolute atomic E-state index is 13.1. The molecule has 1 aliphatic heterocycles. The Bertz CT molecular complexity index is 2190. The number of carbonyl (C=O) groups is 1. The van der Waals surface area contributed by atoms with E-state index in [1.54, 1.807) is 35.2 Å². The second-order valence-electron chi connectivity index (χ2n) is 15.9. The van der Waals surface area contributed by atoms with E-state index in [1.165, 1.54) is 6.33 Å². The molecule has 0 spiro atoms. The third-order valence-electron chi connectivity index (χ3n) is 11.0. The molecule has 11 heteroatoms. The number of aromatic nitrogens is 4. The predicted octanol–water partition coefficient (Wildman–Crippen LogP) is 8.35. The summed E-state index contributed by atoms with van der Waals surface area (Å²) in [7, 11) is -2.47. The molecule has 1 fully saturated rings. The van der Waals surface area contributed by atoms with Crippen LogP contribution in [0.25, 0.3) is 11.2 Å². The van der Waals surface area contributed by atoms with E-state index in [1.807, 2.05) is 24.3 Å². The number of fused-ring (bicyclic) bond motifs is 1. The summed E-state index contributed by atoms with van der Waals surface area (Å²) in [6, 6.07) is 35.9. The molecule has 55 heavy (non-hydrogen) atoms. The Hall–Kier alpha value is -5.04. The number of benzene rings is 4. The number of nitrogens with zero attached hydrogens (tertiary/aromatic N) is 4. The molecule has 284 valence electrons. The Balaban J connectivity index is 1.27. The standard InChI is InChI=1S/C44H49N5O5Si/c1-29-18-22-33(23-19-29)44(32-16-12-9-13-17-32,34-24-20-30(2)21-25-34)52-26-35-37(50)38(54-55(6,7)43(3,4)5)42(53-35)49-28-47-36-39(45-27-46-40(36)49)48-41(51)31-14-10-8-11-15-31/h8-25,27-28,35,37-38,42,50H,26H2,1-7H3,(H,45,46,48,51)/t35-,37+,38?,42-/m1/s1. The lowest BCUT2D eigenvalue weighted by Gasteiger charge is -2.40. The van der Waals surface area contributed by atoms with E-state index in [0.717, 1.165) is 27.8 Å². The van der Waals surface area contributed by atoms with E-state index in [2.05, 4.69) is 129 Å². The largest absolute Gasteiger partial charge is 0.407 e. The summed E-state index contributed by atoms with van der Waals surface area (Å²) < 4.78 is 22.8. The highest BCUT2D eigenvalue weighted by atomic mass is 28.4. The minimum Gasteiger partial charge on any atom is -0.407 e. The van der Waals surface area contributed by atoms with E-state index >= 15 is 0 Å². The van der Waals surface area contributed by atoms with Crippen molar-refractivity contribution >= 4 is 31.2 Å². The first kappa shape index (κ1) is 38.2. The van der Waals surface area contributed by atoms with Crippen molar-refractivity contribution in [1.82, 2.24) is 19.5 Å². The van der Waals surface area contributed by atoms with Gasteiger partial charge in [0.25, 0.3) is 5.91 Å². The van der Waals surface area contributed by atoms with Crippen LogP contribution in [0.1, 0.15) is 65.2 Å². The quantitative estimate of drug-likeness (QED) is 0.100. The molecular weight excluding hydrogens is 707 g/mol. The first-order chi connectivity index (χ1) is 26.3. The Morgan fingerprint density at radius 1 is 0.818 bits per heavy atom. The number of aryl methyl sites for hydroxylation is 2. The molecule has 7 rings (SSSR count). The Morgan fingerprint density at radius 3 is 1.96 bits per heavy atom. The lowest BCUT2D eigenvalue weighted by Crippen LogP contribution is -2.49. The molecule has 1 saturated heterocycles. The zero-order chi connectivity index (χ0) is 39.0. The highest BCUT2D eigenvalue weighted by Crippen LogP contribution is 2.45. The molecule has 2 N–H and O–H groups in total. The van der Waals surface area contributed by atoms with E-state index in [0.29, 0.717) is 16.7 Å². The number of hydrogen-bond donors (Lipinski definition) is 2. The number of rotatable bonds is 11. The highest BCUT2D eigenvalue weighted by molar-refractivity contribution is 6.74. The van der Waals surface area contributed by atoms with Crippen LogP contribution in [0.5, 0.6) is 0 Å². The zero-order valence-electron chi connectivity index (χ0n) is 32.4. The van der Waals surface area contributed by atoms with Crippen molar-refractivity contribution in [3.63, 3.8) is 0 Å². The van der Waals surface area contributed by atoms with Crippen molar-refractivity contribution in [2.45, 2.75) is 82.9 Å². The van der Waals surface area contributed by atoms with Crippen molar-refractivity contribution in [2.75, 3.05) is 11.9 Å². The average Bonchev–Trinajstić information content (AvgIpc) is 3.74. The van der Waals surface area contributed by atoms with Crippen molar-refractivity contribution in [2.24, 2.45) is 0 Å². The van der Waals surface area contributed by atoms with Crippen molar-refractivity contribution in [3.8, 4) is 0 Å². The Morgan fingerprint density at radius 2 is 1.38 bits per heavy atom. The lowest BCUT2D eigenvalue weighted by atomic mass is 9.79. The normalized spacial score (nSPS) is 19.1. The summed E-state index contributed by atoms with van der Waals surface area (Å²) in [5, 5.41) is 15.0. The van der Waals surface area contributed by atoms with Gasteiger partial charge < -0.3 is 24.3 Å². The van der Waals surface area contributed by atoms with Crippen molar-refractivity contribution in [3.05, 3.63) is 155 Å². The third kappa shape index (κ3) is 7.50. The lowest BCUT2D eigenvalue weighted by molar-refractivity contribution is -0.0940. The number of carbonyl (C=O) groups excluding carboxylic acids is 1. The number of amides is 1. The van der Waals surface area contributed by atoms with Gasteiger partial charge in [-0.25, -0.2) is 15.0 Å². The minimum atomic E-state index is -2.47. The number of nitrogens with one attached hydrogen (secondary N) is 1. The van der Waals surface area contributed by atoms with E-state index in [-0.39, 0.29) is 23.4 Å². The second-order valence-corrected chi connectivity index (χ2v) is 20.6. The Kier molecular flexibility index (Phi) is 10.6. The molecule has 0 aliphatic carbocycles. The van der Waals surface area contributed by atoms with Crippen LogP contribution in [-0.4, -0.2) is 63.8 Å². The van der Waals surface area contributed by atoms with Gasteiger partial charge in [-0.15, -0.1) is 0 Å². The van der Waals surface area contributed by atoms with Gasteiger partial charge in [-0.2, -0.15) is 0 Å². The van der Waals surface area contributed by atoms with Crippen LogP contribution in [0.2, 0.25) is 18.1 Å². The van der Waals surface area contributed by atoms with Gasteiger partial charge in [0.05, 0.1) is 12.9 Å². The fraction of sp³-hybridized carbons (Fsp3) is 0.318. The van der Waals surface area contributed by atoms with E-state index in [9.17, 15) is 9.90 Å². The second kappa shape index (κ2) is 15.2. The van der Waals surface area contributed by atoms with Gasteiger partial charge in [0.1, 0.15) is 30.2 Å². The van der Waals surface area contributed by atoms with Crippen LogP contribution in [-0.2, 0) is 19.5 Å². The SMILES string of the molecule is Cc1ccc(C(OC[C@H]2O[C@@H](n3cnc4c(NC(=O)c5ccccc5)ncnc43)C(O[Si](C)(C)C(C)(C)C)[C@H]2O)(c2ccccc2)c2ccc(C)cc2)cc1. The molecule has 4 atom stereocenters. The van der Waals surface area contributed by atoms with E-state index < -0.39 is 38.5 Å². The molecule has 4 aromatic carbocycles. The van der Waals surface area contributed by atoms with Crippen LogP contribution in [0.3, 0.4) is 0 Å². The monoisotopic (exact) mass is 755 g/mol. The molecule has 2 aromatic heterocycles. The topological polar surface area (TPSA) is 121 Å². The zero-order valence-corrected chi connectivity index (χ0v) is 33.4. The summed E-state index contributed by atoms with van der Waals surface area (Å²) >= 11 is 0. The van der Waals surface area contributed by atoms with Gasteiger partial charge in [-0.1, -0.05) is 129 Å². The van der Waals surface area contributed by atoms with Crippen molar-refractivity contribution in [1.29, 1.82) is 0 Å². The molecular formula is C44H49N5O5Si. The predicted molar refractivity (Wildman–Crippen MR) is 216 cm³/mol. The van der Waals surface area contributed by atoms with Crippen LogP contribution in [0.4, 0.5) is 5.82 Å². The van der Waals surface area contributed by atoms with Gasteiger partial charge in [-0.05, 0) is 60.8 Å². The smallest absolute Gasteiger partial charge is 0.256 e. The summed E-state index contributed by atoms with van der Waals surface area (Å²) in [5.41, 5.74) is 5.40. The summed E-state index contributed by atoms with van der Waals surface area (Å²) in [6.07, 6.45) is -0.481. The molecule has 3 heterocycles. The van der Waals surface area contributed by atoms with Crippen LogP contribution in [0, 0.1) is 13.8 Å². The summed E-state index contributed by atoms with van der Waals surface area (Å²) in [4.78, 5) is 26.7. The van der Waals surface area contributed by atoms with Crippen molar-refractivity contribution < 1.29 is 23.8 Å². The molecule has 0 saturated carbocycles. The number of anilines is 1. The first-order valence-corrected chi connectivity index (χ1v) is 21.6. The Labute approximate surface area is 323 Å².